The number of nitrogens with zero attached hydrogens (tertiary/aromatic N) is 2. The Kier molecular flexibility index (Phi) is 5.66. The van der Waals surface area contributed by atoms with Crippen molar-refractivity contribution in [2.75, 3.05) is 7.11 Å². The number of carbonyl (C=O) groups excluding carboxylic acids is 1. The maximum atomic E-state index is 12.3. The maximum Gasteiger partial charge on any atom is 0.289 e. The summed E-state index contributed by atoms with van der Waals surface area (Å²) in [6.45, 7) is 4.29. The first kappa shape index (κ1) is 18.4. The first-order valence-electron chi connectivity index (χ1n) is 8.70. The first-order valence-corrected chi connectivity index (χ1v) is 8.70. The molecule has 0 spiro atoms. The second-order valence-corrected chi connectivity index (χ2v) is 6.39. The van der Waals surface area contributed by atoms with Crippen molar-refractivity contribution in [1.82, 2.24) is 15.6 Å². The van der Waals surface area contributed by atoms with Gasteiger partial charge in [0.15, 0.2) is 0 Å². The van der Waals surface area contributed by atoms with E-state index in [1.807, 2.05) is 36.4 Å². The fraction of sp³-hybridized carbons (Fsp3) is 0.190. The Morgan fingerprint density at radius 2 is 1.93 bits per heavy atom. The molecule has 0 bridgehead atoms. The van der Waals surface area contributed by atoms with Crippen molar-refractivity contribution in [1.29, 1.82) is 0 Å². The van der Waals surface area contributed by atoms with Crippen molar-refractivity contribution in [2.24, 2.45) is 5.10 Å². The molecular weight excluding hydrogens is 340 g/mol. The van der Waals surface area contributed by atoms with E-state index in [9.17, 15) is 4.79 Å². The normalized spacial score (nSPS) is 11.1. The van der Waals surface area contributed by atoms with Gasteiger partial charge in [-0.25, -0.2) is 5.43 Å². The molecule has 6 nitrogen and oxygen atoms in total. The van der Waals surface area contributed by atoms with Gasteiger partial charge in [0.05, 0.1) is 19.0 Å². The Balaban J connectivity index is 1.66. The van der Waals surface area contributed by atoms with Crippen LogP contribution in [-0.2, 0) is 0 Å². The summed E-state index contributed by atoms with van der Waals surface area (Å²) >= 11 is 0. The topological polar surface area (TPSA) is 79.4 Å². The molecule has 0 unspecified atom stereocenters. The number of nitrogens with one attached hydrogen (secondary N) is 2. The minimum atomic E-state index is -0.362. The summed E-state index contributed by atoms with van der Waals surface area (Å²) < 4.78 is 5.33. The molecule has 0 saturated heterocycles. The zero-order valence-electron chi connectivity index (χ0n) is 15.6. The highest BCUT2D eigenvalue weighted by Crippen LogP contribution is 2.28. The smallest absolute Gasteiger partial charge is 0.289 e. The lowest BCUT2D eigenvalue weighted by Crippen LogP contribution is -2.18. The molecule has 0 aliphatic rings. The van der Waals surface area contributed by atoms with E-state index in [4.69, 9.17) is 4.74 Å². The van der Waals surface area contributed by atoms with E-state index in [1.54, 1.807) is 19.4 Å². The summed E-state index contributed by atoms with van der Waals surface area (Å²) in [4.78, 5) is 12.3. The van der Waals surface area contributed by atoms with E-state index < -0.39 is 0 Å². The molecule has 0 aliphatic heterocycles. The van der Waals surface area contributed by atoms with E-state index >= 15 is 0 Å². The molecular formula is C21H22N4O2. The molecule has 0 radical (unpaired) electrons. The molecule has 6 heteroatoms. The standard InChI is InChI=1S/C21H22N4O2/c1-14(2)16-10-8-15(9-11-16)13-22-25-21(26)19-12-18(23-24-19)17-6-4-5-7-20(17)27-3/h4-14H,1-3H3,(H,23,24)(H,25,26)/b22-13+. The molecule has 2 N–H and O–H groups in total. The van der Waals surface area contributed by atoms with Gasteiger partial charge >= 0.3 is 0 Å². The minimum Gasteiger partial charge on any atom is -0.496 e. The van der Waals surface area contributed by atoms with Gasteiger partial charge < -0.3 is 4.74 Å². The summed E-state index contributed by atoms with van der Waals surface area (Å²) in [6, 6.07) is 17.2. The SMILES string of the molecule is COc1ccccc1-c1cc(C(=O)N/N=C/c2ccc(C(C)C)cc2)[nH]n1. The van der Waals surface area contributed by atoms with Gasteiger partial charge in [-0.1, -0.05) is 50.2 Å². The average Bonchev–Trinajstić information content (AvgIpc) is 3.18. The van der Waals surface area contributed by atoms with Crippen LogP contribution in [0.3, 0.4) is 0 Å². The lowest BCUT2D eigenvalue weighted by Gasteiger charge is -2.04. The molecule has 1 heterocycles. The molecule has 0 fully saturated rings. The van der Waals surface area contributed by atoms with Crippen molar-refractivity contribution in [3.8, 4) is 17.0 Å². The number of carbonyl (C=O) groups is 1. The Morgan fingerprint density at radius 1 is 1.19 bits per heavy atom. The van der Waals surface area contributed by atoms with Gasteiger partial charge in [0, 0.05) is 5.56 Å². The number of benzene rings is 2. The van der Waals surface area contributed by atoms with Gasteiger partial charge in [-0.05, 0) is 35.2 Å². The van der Waals surface area contributed by atoms with Crippen LogP contribution in [0.1, 0.15) is 41.4 Å². The number of hydrazone groups is 1. The number of H-pyrrole nitrogens is 1. The van der Waals surface area contributed by atoms with Gasteiger partial charge in [-0.15, -0.1) is 0 Å². The van der Waals surface area contributed by atoms with Crippen LogP contribution in [0.25, 0.3) is 11.3 Å². The molecule has 1 amide bonds. The number of methoxy groups -OCH3 is 1. The van der Waals surface area contributed by atoms with Crippen molar-refractivity contribution >= 4 is 12.1 Å². The lowest BCUT2D eigenvalue weighted by atomic mass is 10.0. The van der Waals surface area contributed by atoms with Gasteiger partial charge in [0.2, 0.25) is 0 Å². The Morgan fingerprint density at radius 3 is 2.63 bits per heavy atom. The summed E-state index contributed by atoms with van der Waals surface area (Å²) in [5.41, 5.74) is 6.45. The van der Waals surface area contributed by atoms with Gasteiger partial charge in [0.1, 0.15) is 11.4 Å². The third-order valence-electron chi connectivity index (χ3n) is 4.19. The lowest BCUT2D eigenvalue weighted by molar-refractivity contribution is 0.0950. The Bertz CT molecular complexity index is 943. The third-order valence-corrected chi connectivity index (χ3v) is 4.19. The van der Waals surface area contributed by atoms with E-state index in [-0.39, 0.29) is 5.91 Å². The first-order chi connectivity index (χ1) is 13.1. The van der Waals surface area contributed by atoms with Crippen LogP contribution in [0, 0.1) is 0 Å². The van der Waals surface area contributed by atoms with Gasteiger partial charge in [-0.3, -0.25) is 9.89 Å². The molecule has 27 heavy (non-hydrogen) atoms. The third kappa shape index (κ3) is 4.41. The van der Waals surface area contributed by atoms with Crippen molar-refractivity contribution in [2.45, 2.75) is 19.8 Å². The predicted molar refractivity (Wildman–Crippen MR) is 106 cm³/mol. The number of aromatic amines is 1. The number of amides is 1. The van der Waals surface area contributed by atoms with E-state index in [0.29, 0.717) is 23.1 Å². The Hall–Kier alpha value is -3.41. The molecule has 0 atom stereocenters. The quantitative estimate of drug-likeness (QED) is 0.514. The summed E-state index contributed by atoms with van der Waals surface area (Å²) in [5, 5.41) is 10.9. The molecule has 0 saturated carbocycles. The molecule has 1 aromatic heterocycles. The van der Waals surface area contributed by atoms with Crippen LogP contribution in [0.5, 0.6) is 5.75 Å². The number of rotatable bonds is 6. The van der Waals surface area contributed by atoms with E-state index in [0.717, 1.165) is 11.1 Å². The second kappa shape index (κ2) is 8.31. The fourth-order valence-corrected chi connectivity index (χ4v) is 2.62. The average molecular weight is 362 g/mol. The van der Waals surface area contributed by atoms with Crippen LogP contribution in [0.15, 0.2) is 59.7 Å². The van der Waals surface area contributed by atoms with E-state index in [1.165, 1.54) is 5.56 Å². The molecule has 2 aromatic carbocycles. The molecule has 138 valence electrons. The van der Waals surface area contributed by atoms with Gasteiger partial charge in [0.25, 0.3) is 5.91 Å². The van der Waals surface area contributed by atoms with Crippen LogP contribution in [0.2, 0.25) is 0 Å². The van der Waals surface area contributed by atoms with E-state index in [2.05, 4.69) is 46.7 Å². The zero-order chi connectivity index (χ0) is 19.2. The van der Waals surface area contributed by atoms with Gasteiger partial charge in [-0.2, -0.15) is 10.2 Å². The second-order valence-electron chi connectivity index (χ2n) is 6.39. The highest BCUT2D eigenvalue weighted by Gasteiger charge is 2.13. The number of aromatic nitrogens is 2. The zero-order valence-corrected chi connectivity index (χ0v) is 15.6. The highest BCUT2D eigenvalue weighted by molar-refractivity contribution is 5.94. The number of hydrogen-bond donors (Lipinski definition) is 2. The number of hydrogen-bond acceptors (Lipinski definition) is 4. The van der Waals surface area contributed by atoms with Crippen LogP contribution >= 0.6 is 0 Å². The summed E-state index contributed by atoms with van der Waals surface area (Å²) in [7, 11) is 1.60. The fourth-order valence-electron chi connectivity index (χ4n) is 2.62. The maximum absolute atomic E-state index is 12.3. The molecule has 0 aliphatic carbocycles. The van der Waals surface area contributed by atoms with Crippen molar-refractivity contribution in [3.05, 3.63) is 71.4 Å². The predicted octanol–water partition coefficient (Wildman–Crippen LogP) is 3.97. The number of ether oxygens (including phenoxy) is 1. The van der Waals surface area contributed by atoms with Crippen LogP contribution in [0.4, 0.5) is 0 Å². The number of para-hydroxylation sites is 1. The molecule has 3 rings (SSSR count). The highest BCUT2D eigenvalue weighted by atomic mass is 16.5. The minimum absolute atomic E-state index is 0.322. The molecule has 3 aromatic rings. The van der Waals surface area contributed by atoms with Crippen LogP contribution in [-0.4, -0.2) is 29.4 Å². The Labute approximate surface area is 158 Å². The summed E-state index contributed by atoms with van der Waals surface area (Å²) in [5.74, 6) is 0.811. The summed E-state index contributed by atoms with van der Waals surface area (Å²) in [6.07, 6.45) is 1.61. The van der Waals surface area contributed by atoms with Crippen molar-refractivity contribution in [3.63, 3.8) is 0 Å². The monoisotopic (exact) mass is 362 g/mol. The van der Waals surface area contributed by atoms with Crippen LogP contribution < -0.4 is 10.2 Å². The largest absolute Gasteiger partial charge is 0.496 e. The van der Waals surface area contributed by atoms with Crippen molar-refractivity contribution < 1.29 is 9.53 Å².